The molecule has 0 unspecified atom stereocenters. The summed E-state index contributed by atoms with van der Waals surface area (Å²) in [5, 5.41) is 0. The van der Waals surface area contributed by atoms with Gasteiger partial charge < -0.3 is 0 Å². The summed E-state index contributed by atoms with van der Waals surface area (Å²) in [6, 6.07) is 0. The summed E-state index contributed by atoms with van der Waals surface area (Å²) in [7, 11) is 0. The molecule has 2 heteroatoms. The number of ketones is 2. The molecule has 0 radical (unpaired) electrons. The number of allylic oxidation sites excluding steroid dienone is 4. The van der Waals surface area contributed by atoms with Crippen molar-refractivity contribution >= 4 is 11.6 Å². The minimum Gasteiger partial charge on any atom is -0.299 e. The van der Waals surface area contributed by atoms with Gasteiger partial charge in [0, 0.05) is 25.7 Å². The molecule has 1 saturated carbocycles. The highest BCUT2D eigenvalue weighted by Crippen LogP contribution is 2.48. The summed E-state index contributed by atoms with van der Waals surface area (Å²) in [6.07, 6.45) is 7.78. The van der Waals surface area contributed by atoms with Gasteiger partial charge >= 0.3 is 0 Å². The molecule has 0 bridgehead atoms. The Labute approximate surface area is 89.0 Å². The predicted molar refractivity (Wildman–Crippen MR) is 56.2 cm³/mol. The number of hydrogen-bond donors (Lipinski definition) is 0. The van der Waals surface area contributed by atoms with Crippen LogP contribution in [0, 0.1) is 11.8 Å². The molecule has 0 amide bonds. The van der Waals surface area contributed by atoms with Gasteiger partial charge in [0.2, 0.25) is 0 Å². The van der Waals surface area contributed by atoms with Crippen LogP contribution in [0.2, 0.25) is 0 Å². The topological polar surface area (TPSA) is 34.1 Å². The van der Waals surface area contributed by atoms with Gasteiger partial charge in [-0.15, -0.1) is 0 Å². The van der Waals surface area contributed by atoms with Crippen molar-refractivity contribution in [3.05, 3.63) is 23.3 Å². The normalized spacial score (nSPS) is 34.4. The van der Waals surface area contributed by atoms with E-state index in [0.717, 1.165) is 6.42 Å². The zero-order valence-corrected chi connectivity index (χ0v) is 8.66. The van der Waals surface area contributed by atoms with E-state index in [1.165, 1.54) is 11.1 Å². The molecule has 2 atom stereocenters. The second-order valence-corrected chi connectivity index (χ2v) is 4.84. The molecular formula is C13H14O2. The van der Waals surface area contributed by atoms with Crippen molar-refractivity contribution < 1.29 is 9.59 Å². The fraction of sp³-hybridized carbons (Fsp3) is 0.538. The molecule has 0 heterocycles. The van der Waals surface area contributed by atoms with Crippen molar-refractivity contribution in [2.24, 2.45) is 11.8 Å². The molecule has 3 rings (SSSR count). The van der Waals surface area contributed by atoms with Crippen LogP contribution in [-0.2, 0) is 9.59 Å². The van der Waals surface area contributed by atoms with E-state index in [1.54, 1.807) is 0 Å². The highest BCUT2D eigenvalue weighted by Gasteiger charge is 2.40. The molecule has 0 saturated heterocycles. The van der Waals surface area contributed by atoms with E-state index in [2.05, 4.69) is 12.2 Å². The molecule has 1 fully saturated rings. The summed E-state index contributed by atoms with van der Waals surface area (Å²) in [5.41, 5.74) is 2.83. The van der Waals surface area contributed by atoms with Crippen molar-refractivity contribution in [3.8, 4) is 0 Å². The molecule has 0 aromatic carbocycles. The maximum absolute atomic E-state index is 11.4. The van der Waals surface area contributed by atoms with Crippen LogP contribution in [0.1, 0.15) is 32.1 Å². The maximum Gasteiger partial charge on any atom is 0.137 e. The summed E-state index contributed by atoms with van der Waals surface area (Å²) < 4.78 is 0. The third kappa shape index (κ3) is 1.39. The van der Waals surface area contributed by atoms with Crippen molar-refractivity contribution in [2.75, 3.05) is 0 Å². The Morgan fingerprint density at radius 3 is 1.80 bits per heavy atom. The SMILES string of the molecule is O=C1CC=C2CC3=CCC(=O)C[C@@H]3[C@@H]2C1. The second-order valence-electron chi connectivity index (χ2n) is 4.84. The number of hydrogen-bond acceptors (Lipinski definition) is 2. The van der Waals surface area contributed by atoms with Crippen molar-refractivity contribution in [2.45, 2.75) is 32.1 Å². The first-order valence-electron chi connectivity index (χ1n) is 5.65. The molecule has 3 aliphatic carbocycles. The summed E-state index contributed by atoms with van der Waals surface area (Å²) in [5.74, 6) is 1.40. The summed E-state index contributed by atoms with van der Waals surface area (Å²) >= 11 is 0. The molecule has 0 spiro atoms. The molecular weight excluding hydrogens is 188 g/mol. The van der Waals surface area contributed by atoms with Crippen LogP contribution in [-0.4, -0.2) is 11.6 Å². The minimum atomic E-state index is 0.336. The lowest BCUT2D eigenvalue weighted by Crippen LogP contribution is -2.22. The lowest BCUT2D eigenvalue weighted by molar-refractivity contribution is -0.122. The molecule has 0 N–H and O–H groups in total. The van der Waals surface area contributed by atoms with Crippen LogP contribution in [0.25, 0.3) is 0 Å². The quantitative estimate of drug-likeness (QED) is 0.564. The highest BCUT2D eigenvalue weighted by atomic mass is 16.1. The molecule has 0 aromatic heterocycles. The van der Waals surface area contributed by atoms with Gasteiger partial charge in [-0.3, -0.25) is 9.59 Å². The van der Waals surface area contributed by atoms with Gasteiger partial charge in [-0.05, 0) is 18.3 Å². The zero-order valence-electron chi connectivity index (χ0n) is 8.66. The molecule has 78 valence electrons. The Kier molecular flexibility index (Phi) is 1.91. The number of rotatable bonds is 0. The second kappa shape index (κ2) is 3.16. The average Bonchev–Trinajstić information content (AvgIpc) is 2.56. The first-order chi connectivity index (χ1) is 7.24. The van der Waals surface area contributed by atoms with E-state index in [-0.39, 0.29) is 0 Å². The van der Waals surface area contributed by atoms with Gasteiger partial charge in [0.1, 0.15) is 11.6 Å². The standard InChI is InChI=1S/C13H14O2/c14-10-3-1-8-5-9-2-4-11(15)7-13(9)12(8)6-10/h1-2,12-13H,3-7H2/t12-,13+. The van der Waals surface area contributed by atoms with Crippen molar-refractivity contribution in [1.82, 2.24) is 0 Å². The predicted octanol–water partition coefficient (Wildman–Crippen LogP) is 2.20. The van der Waals surface area contributed by atoms with E-state index < -0.39 is 0 Å². The Morgan fingerprint density at radius 2 is 1.33 bits per heavy atom. The lowest BCUT2D eigenvalue weighted by atomic mass is 9.79. The van der Waals surface area contributed by atoms with Crippen molar-refractivity contribution in [1.29, 1.82) is 0 Å². The Balaban J connectivity index is 1.96. The zero-order chi connectivity index (χ0) is 10.4. The maximum atomic E-state index is 11.4. The van der Waals surface area contributed by atoms with E-state index in [4.69, 9.17) is 0 Å². The third-order valence-corrected chi connectivity index (χ3v) is 3.93. The molecule has 2 nitrogen and oxygen atoms in total. The highest BCUT2D eigenvalue weighted by molar-refractivity contribution is 5.85. The van der Waals surface area contributed by atoms with Crippen LogP contribution in [0.15, 0.2) is 23.3 Å². The van der Waals surface area contributed by atoms with Crippen LogP contribution in [0.5, 0.6) is 0 Å². The first-order valence-corrected chi connectivity index (χ1v) is 5.65. The smallest absolute Gasteiger partial charge is 0.137 e. The van der Waals surface area contributed by atoms with Gasteiger partial charge in [0.25, 0.3) is 0 Å². The van der Waals surface area contributed by atoms with E-state index in [1.807, 2.05) is 0 Å². The monoisotopic (exact) mass is 202 g/mol. The van der Waals surface area contributed by atoms with Gasteiger partial charge in [-0.2, -0.15) is 0 Å². The van der Waals surface area contributed by atoms with E-state index in [9.17, 15) is 9.59 Å². The fourth-order valence-electron chi connectivity index (χ4n) is 3.16. The average molecular weight is 202 g/mol. The van der Waals surface area contributed by atoms with Gasteiger partial charge in [0.15, 0.2) is 0 Å². The van der Waals surface area contributed by atoms with Crippen LogP contribution in [0.3, 0.4) is 0 Å². The van der Waals surface area contributed by atoms with Crippen molar-refractivity contribution in [3.63, 3.8) is 0 Å². The fourth-order valence-corrected chi connectivity index (χ4v) is 3.16. The minimum absolute atomic E-state index is 0.336. The first kappa shape index (κ1) is 9.08. The van der Waals surface area contributed by atoms with Crippen LogP contribution < -0.4 is 0 Å². The lowest BCUT2D eigenvalue weighted by Gasteiger charge is -2.24. The van der Waals surface area contributed by atoms with Gasteiger partial charge in [0.05, 0.1) is 0 Å². The molecule has 0 aromatic rings. The van der Waals surface area contributed by atoms with Crippen LogP contribution in [0.4, 0.5) is 0 Å². The number of fused-ring (bicyclic) bond motifs is 3. The molecule has 0 aliphatic heterocycles. The van der Waals surface area contributed by atoms with E-state index in [0.29, 0.717) is 49.1 Å². The third-order valence-electron chi connectivity index (χ3n) is 3.93. The summed E-state index contributed by atoms with van der Waals surface area (Å²) in [6.45, 7) is 0. The van der Waals surface area contributed by atoms with E-state index >= 15 is 0 Å². The Bertz CT molecular complexity index is 363. The molecule has 15 heavy (non-hydrogen) atoms. The van der Waals surface area contributed by atoms with Gasteiger partial charge in [-0.1, -0.05) is 23.3 Å². The molecule has 3 aliphatic rings. The summed E-state index contributed by atoms with van der Waals surface area (Å²) in [4.78, 5) is 22.8. The number of carbonyl (C=O) groups is 2. The van der Waals surface area contributed by atoms with Crippen LogP contribution >= 0.6 is 0 Å². The number of Topliss-reactive ketones (excluding diaryl/α,β-unsaturated/α-hetero) is 2. The Hall–Kier alpha value is -1.18. The number of carbonyl (C=O) groups excluding carboxylic acids is 2. The largest absolute Gasteiger partial charge is 0.299 e. The Morgan fingerprint density at radius 1 is 0.867 bits per heavy atom. The van der Waals surface area contributed by atoms with Gasteiger partial charge in [-0.25, -0.2) is 0 Å².